The maximum atomic E-state index is 12.4. The quantitative estimate of drug-likeness (QED) is 0.312. The Labute approximate surface area is 157 Å². The van der Waals surface area contributed by atoms with E-state index in [2.05, 4.69) is 10.1 Å². The summed E-state index contributed by atoms with van der Waals surface area (Å²) in [5, 5.41) is 3.69. The number of nitrogens with zero attached hydrogens (tertiary/aromatic N) is 2. The number of oxime groups is 1. The van der Waals surface area contributed by atoms with Crippen LogP contribution in [0.15, 0.2) is 41.8 Å². The zero-order chi connectivity index (χ0) is 19.6. The molecule has 0 aliphatic carbocycles. The molecule has 0 atom stereocenters. The summed E-state index contributed by atoms with van der Waals surface area (Å²) >= 11 is 0. The summed E-state index contributed by atoms with van der Waals surface area (Å²) in [6.45, 7) is 6.75. The number of rotatable bonds is 9. The van der Waals surface area contributed by atoms with Crippen molar-refractivity contribution in [1.82, 2.24) is 4.98 Å². The lowest BCUT2D eigenvalue weighted by molar-refractivity contribution is 0.0515. The van der Waals surface area contributed by atoms with Gasteiger partial charge in [0.2, 0.25) is 5.75 Å². The van der Waals surface area contributed by atoms with Crippen LogP contribution >= 0.6 is 0 Å². The normalized spacial score (nSPS) is 11.0. The molecule has 0 spiro atoms. The Morgan fingerprint density at radius 3 is 2.04 bits per heavy atom. The summed E-state index contributed by atoms with van der Waals surface area (Å²) < 4.78 is 16.8. The number of aromatic nitrogens is 1. The van der Waals surface area contributed by atoms with Gasteiger partial charge in [0.1, 0.15) is 0 Å². The number of hydrogen-bond acceptors (Lipinski definition) is 7. The number of amidine groups is 1. The molecule has 0 saturated carbocycles. The van der Waals surface area contributed by atoms with Crippen LogP contribution in [0.3, 0.4) is 0 Å². The molecule has 27 heavy (non-hydrogen) atoms. The monoisotopic (exact) mass is 373 g/mol. The lowest BCUT2D eigenvalue weighted by Gasteiger charge is -2.16. The van der Waals surface area contributed by atoms with Gasteiger partial charge >= 0.3 is 5.97 Å². The summed E-state index contributed by atoms with van der Waals surface area (Å²) in [7, 11) is 0. The molecule has 8 nitrogen and oxygen atoms in total. The summed E-state index contributed by atoms with van der Waals surface area (Å²) in [6, 6.07) is 6.36. The van der Waals surface area contributed by atoms with Crippen LogP contribution in [-0.2, 0) is 4.84 Å². The number of carbonyl (C=O) groups is 1. The molecule has 0 aliphatic rings. The Hall–Kier alpha value is -3.29. The number of hydrogen-bond donors (Lipinski definition) is 1. The lowest BCUT2D eigenvalue weighted by Crippen LogP contribution is -2.15. The average Bonchev–Trinajstić information content (AvgIpc) is 2.69. The van der Waals surface area contributed by atoms with Crippen LogP contribution in [0.25, 0.3) is 0 Å². The van der Waals surface area contributed by atoms with Crippen LogP contribution in [0.4, 0.5) is 0 Å². The largest absolute Gasteiger partial charge is 0.490 e. The van der Waals surface area contributed by atoms with Crippen molar-refractivity contribution in [3.63, 3.8) is 0 Å². The molecule has 0 unspecified atom stereocenters. The van der Waals surface area contributed by atoms with Crippen LogP contribution in [0.2, 0.25) is 0 Å². The topological polar surface area (TPSA) is 105 Å². The maximum Gasteiger partial charge on any atom is 0.366 e. The van der Waals surface area contributed by atoms with Crippen LogP contribution in [-0.4, -0.2) is 36.6 Å². The van der Waals surface area contributed by atoms with Crippen LogP contribution in [0.5, 0.6) is 17.2 Å². The van der Waals surface area contributed by atoms with Crippen molar-refractivity contribution in [2.24, 2.45) is 10.9 Å². The van der Waals surface area contributed by atoms with Gasteiger partial charge in [0.15, 0.2) is 17.3 Å². The molecule has 2 rings (SSSR count). The predicted molar refractivity (Wildman–Crippen MR) is 100 cm³/mol. The first-order chi connectivity index (χ1) is 13.1. The number of ether oxygens (including phenoxy) is 3. The van der Waals surface area contributed by atoms with Crippen molar-refractivity contribution in [3.05, 3.63) is 47.8 Å². The molecule has 8 heteroatoms. The molecule has 144 valence electrons. The molecule has 0 saturated heterocycles. The van der Waals surface area contributed by atoms with Gasteiger partial charge in [-0.2, -0.15) is 0 Å². The van der Waals surface area contributed by atoms with E-state index in [1.54, 1.807) is 24.5 Å². The van der Waals surface area contributed by atoms with E-state index in [1.165, 1.54) is 12.1 Å². The second-order valence-electron chi connectivity index (χ2n) is 5.19. The summed E-state index contributed by atoms with van der Waals surface area (Å²) in [5.74, 6) is 0.591. The zero-order valence-electron chi connectivity index (χ0n) is 15.6. The highest BCUT2D eigenvalue weighted by Gasteiger charge is 2.19. The summed E-state index contributed by atoms with van der Waals surface area (Å²) in [4.78, 5) is 21.3. The van der Waals surface area contributed by atoms with Crippen molar-refractivity contribution in [2.45, 2.75) is 20.8 Å². The Bertz CT molecular complexity index is 766. The van der Waals surface area contributed by atoms with Gasteiger partial charge in [0, 0.05) is 18.0 Å². The minimum absolute atomic E-state index is 0.0618. The smallest absolute Gasteiger partial charge is 0.366 e. The Kier molecular flexibility index (Phi) is 7.42. The first-order valence-electron chi connectivity index (χ1n) is 8.62. The van der Waals surface area contributed by atoms with E-state index in [-0.39, 0.29) is 11.4 Å². The van der Waals surface area contributed by atoms with Gasteiger partial charge in [-0.25, -0.2) is 4.79 Å². The van der Waals surface area contributed by atoms with Gasteiger partial charge in [0.25, 0.3) is 0 Å². The predicted octanol–water partition coefficient (Wildman–Crippen LogP) is 2.76. The fourth-order valence-corrected chi connectivity index (χ4v) is 2.23. The third-order valence-corrected chi connectivity index (χ3v) is 3.35. The number of pyridine rings is 1. The molecular formula is C19H23N3O5. The Balaban J connectivity index is 2.29. The maximum absolute atomic E-state index is 12.4. The molecule has 0 bridgehead atoms. The second-order valence-corrected chi connectivity index (χ2v) is 5.19. The molecule has 1 heterocycles. The SMILES string of the molecule is CCOc1cc(C(=O)ON=C(N)c2ccncc2)cc(OCC)c1OCC. The Morgan fingerprint density at radius 2 is 1.52 bits per heavy atom. The van der Waals surface area contributed by atoms with E-state index in [0.29, 0.717) is 42.6 Å². The molecule has 2 aromatic rings. The number of benzene rings is 1. The lowest BCUT2D eigenvalue weighted by atomic mass is 10.2. The van der Waals surface area contributed by atoms with Crippen molar-refractivity contribution in [2.75, 3.05) is 19.8 Å². The van der Waals surface area contributed by atoms with Crippen LogP contribution in [0.1, 0.15) is 36.7 Å². The van der Waals surface area contributed by atoms with Crippen molar-refractivity contribution < 1.29 is 23.8 Å². The van der Waals surface area contributed by atoms with E-state index < -0.39 is 5.97 Å². The molecule has 1 aromatic heterocycles. The third-order valence-electron chi connectivity index (χ3n) is 3.35. The molecule has 0 amide bonds. The second kappa shape index (κ2) is 10.0. The van der Waals surface area contributed by atoms with Crippen molar-refractivity contribution in [1.29, 1.82) is 0 Å². The first kappa shape index (κ1) is 20.0. The fourth-order valence-electron chi connectivity index (χ4n) is 2.23. The first-order valence-corrected chi connectivity index (χ1v) is 8.62. The summed E-state index contributed by atoms with van der Waals surface area (Å²) in [5.41, 5.74) is 6.61. The van der Waals surface area contributed by atoms with Crippen molar-refractivity contribution >= 4 is 11.8 Å². The minimum Gasteiger partial charge on any atom is -0.490 e. The standard InChI is InChI=1S/C19H23N3O5/c1-4-24-15-11-14(12-16(25-5-2)17(15)26-6-3)19(23)27-22-18(20)13-7-9-21-10-8-13/h7-12H,4-6H2,1-3H3,(H2,20,22). The van der Waals surface area contributed by atoms with Crippen LogP contribution < -0.4 is 19.9 Å². The van der Waals surface area contributed by atoms with E-state index in [0.717, 1.165) is 0 Å². The van der Waals surface area contributed by atoms with E-state index >= 15 is 0 Å². The van der Waals surface area contributed by atoms with Gasteiger partial charge in [-0.1, -0.05) is 5.16 Å². The van der Waals surface area contributed by atoms with E-state index in [1.807, 2.05) is 20.8 Å². The number of carbonyl (C=O) groups excluding carboxylic acids is 1. The van der Waals surface area contributed by atoms with Gasteiger partial charge in [-0.15, -0.1) is 0 Å². The highest BCUT2D eigenvalue weighted by atomic mass is 16.7. The highest BCUT2D eigenvalue weighted by Crippen LogP contribution is 2.39. The van der Waals surface area contributed by atoms with Crippen LogP contribution in [0, 0.1) is 0 Å². The third kappa shape index (κ3) is 5.34. The number of nitrogens with two attached hydrogens (primary N) is 1. The van der Waals surface area contributed by atoms with E-state index in [9.17, 15) is 4.79 Å². The zero-order valence-corrected chi connectivity index (χ0v) is 15.6. The van der Waals surface area contributed by atoms with Gasteiger partial charge in [0.05, 0.1) is 25.4 Å². The fraction of sp³-hybridized carbons (Fsp3) is 0.316. The molecule has 0 fully saturated rings. The van der Waals surface area contributed by atoms with Crippen molar-refractivity contribution in [3.8, 4) is 17.2 Å². The molecular weight excluding hydrogens is 350 g/mol. The molecule has 0 radical (unpaired) electrons. The van der Waals surface area contributed by atoms with Gasteiger partial charge in [-0.3, -0.25) is 4.98 Å². The van der Waals surface area contributed by atoms with E-state index in [4.69, 9.17) is 24.8 Å². The molecule has 1 aromatic carbocycles. The highest BCUT2D eigenvalue weighted by molar-refractivity contribution is 5.98. The van der Waals surface area contributed by atoms with Gasteiger partial charge in [-0.05, 0) is 45.0 Å². The van der Waals surface area contributed by atoms with Gasteiger partial charge < -0.3 is 24.8 Å². The average molecular weight is 373 g/mol. The molecule has 2 N–H and O–H groups in total. The Morgan fingerprint density at radius 1 is 0.963 bits per heavy atom. The summed E-state index contributed by atoms with van der Waals surface area (Å²) in [6.07, 6.45) is 3.13. The molecule has 0 aliphatic heterocycles. The minimum atomic E-state index is -0.697.